The number of ether oxygens (including phenoxy) is 3. The molecule has 0 aliphatic heterocycles. The van der Waals surface area contributed by atoms with Crippen LogP contribution < -0.4 is 0 Å². The molecule has 0 saturated carbocycles. The number of unbranched alkanes of at least 4 members (excludes halogenated alkanes) is 28. The lowest BCUT2D eigenvalue weighted by Crippen LogP contribution is -2.30. The standard InChI is InChI=1S/C67H114O6/c1-4-7-10-13-16-18-20-22-24-26-28-29-30-31-32-33-34-35-36-37-39-40-42-44-46-48-51-54-57-60-66(69)72-63-64(62-71-65(68)59-56-53-50-15-12-9-6-3)73-67(70)61-58-55-52-49-47-45-43-41-38-27-25-23-21-19-17-14-11-8-5-2/h7,10,16,18,22-25,28-29,31-32,34-35,37,39,64H,4-6,8-9,11-15,17,19-21,26-27,30,33,36,38,40-63H2,1-3H3/b10-7-,18-16-,24-22-,25-23-,29-28-,32-31-,35-34-,39-37-. The maximum atomic E-state index is 12.8. The molecule has 6 nitrogen and oxygen atoms in total. The van der Waals surface area contributed by atoms with E-state index in [1.165, 1.54) is 141 Å². The third-order valence-corrected chi connectivity index (χ3v) is 13.1. The minimum Gasteiger partial charge on any atom is -0.462 e. The van der Waals surface area contributed by atoms with Crippen molar-refractivity contribution in [2.45, 2.75) is 297 Å². The Morgan fingerprint density at radius 2 is 0.534 bits per heavy atom. The molecular weight excluding hydrogens is 901 g/mol. The second-order valence-electron chi connectivity index (χ2n) is 20.2. The van der Waals surface area contributed by atoms with Crippen molar-refractivity contribution in [1.82, 2.24) is 0 Å². The molecule has 0 spiro atoms. The highest BCUT2D eigenvalue weighted by Gasteiger charge is 2.19. The van der Waals surface area contributed by atoms with Gasteiger partial charge in [0.1, 0.15) is 13.2 Å². The van der Waals surface area contributed by atoms with E-state index in [1.807, 2.05) is 0 Å². The molecule has 0 radical (unpaired) electrons. The highest BCUT2D eigenvalue weighted by Crippen LogP contribution is 2.15. The van der Waals surface area contributed by atoms with Gasteiger partial charge >= 0.3 is 17.9 Å². The molecule has 0 fully saturated rings. The summed E-state index contributed by atoms with van der Waals surface area (Å²) in [5, 5.41) is 0. The summed E-state index contributed by atoms with van der Waals surface area (Å²) in [6.45, 7) is 6.48. The van der Waals surface area contributed by atoms with E-state index in [9.17, 15) is 14.4 Å². The summed E-state index contributed by atoms with van der Waals surface area (Å²) >= 11 is 0. The number of hydrogen-bond donors (Lipinski definition) is 0. The Balaban J connectivity index is 4.19. The van der Waals surface area contributed by atoms with Crippen molar-refractivity contribution >= 4 is 17.9 Å². The SMILES string of the molecule is CC/C=C\C/C=C\C/C=C\C/C=C\C/C=C\C/C=C\C/C=C\CCCCCCCCCC(=O)OCC(COC(=O)CCCCCCCCC)OC(=O)CCCCCCCCCCC/C=C\CCCCCCCC. The van der Waals surface area contributed by atoms with E-state index in [0.717, 1.165) is 109 Å². The molecule has 0 heterocycles. The molecule has 0 aromatic carbocycles. The third kappa shape index (κ3) is 59.1. The van der Waals surface area contributed by atoms with Gasteiger partial charge in [-0.1, -0.05) is 266 Å². The number of hydrogen-bond acceptors (Lipinski definition) is 6. The van der Waals surface area contributed by atoms with E-state index >= 15 is 0 Å². The Hall–Kier alpha value is -3.67. The summed E-state index contributed by atoms with van der Waals surface area (Å²) in [6, 6.07) is 0. The maximum absolute atomic E-state index is 12.8. The van der Waals surface area contributed by atoms with Crippen LogP contribution in [-0.2, 0) is 28.6 Å². The van der Waals surface area contributed by atoms with Crippen LogP contribution in [0.5, 0.6) is 0 Å². The van der Waals surface area contributed by atoms with Gasteiger partial charge in [0.2, 0.25) is 0 Å². The smallest absolute Gasteiger partial charge is 0.306 e. The van der Waals surface area contributed by atoms with Gasteiger partial charge in [0.25, 0.3) is 0 Å². The van der Waals surface area contributed by atoms with Gasteiger partial charge < -0.3 is 14.2 Å². The second-order valence-corrected chi connectivity index (χ2v) is 20.2. The molecule has 0 aromatic heterocycles. The summed E-state index contributed by atoms with van der Waals surface area (Å²) in [5.41, 5.74) is 0. The van der Waals surface area contributed by atoms with Gasteiger partial charge in [0, 0.05) is 19.3 Å². The van der Waals surface area contributed by atoms with Gasteiger partial charge in [0.05, 0.1) is 0 Å². The molecule has 418 valence electrons. The van der Waals surface area contributed by atoms with Gasteiger partial charge in [-0.25, -0.2) is 0 Å². The number of esters is 3. The molecule has 0 rings (SSSR count). The molecule has 1 atom stereocenters. The molecule has 6 heteroatoms. The largest absolute Gasteiger partial charge is 0.462 e. The summed E-state index contributed by atoms with van der Waals surface area (Å²) < 4.78 is 16.8. The van der Waals surface area contributed by atoms with Gasteiger partial charge in [-0.2, -0.15) is 0 Å². The quantitative estimate of drug-likeness (QED) is 0.0261. The first-order chi connectivity index (χ1) is 36.0. The van der Waals surface area contributed by atoms with Gasteiger partial charge in [-0.3, -0.25) is 14.4 Å². The highest BCUT2D eigenvalue weighted by molar-refractivity contribution is 5.71. The van der Waals surface area contributed by atoms with Crippen molar-refractivity contribution in [3.8, 4) is 0 Å². The van der Waals surface area contributed by atoms with E-state index < -0.39 is 6.10 Å². The highest BCUT2D eigenvalue weighted by atomic mass is 16.6. The lowest BCUT2D eigenvalue weighted by atomic mass is 10.1. The lowest BCUT2D eigenvalue weighted by molar-refractivity contribution is -0.167. The molecule has 0 aliphatic carbocycles. The zero-order chi connectivity index (χ0) is 52.9. The minimum absolute atomic E-state index is 0.0803. The van der Waals surface area contributed by atoms with Gasteiger partial charge in [0.15, 0.2) is 6.10 Å². The van der Waals surface area contributed by atoms with E-state index in [4.69, 9.17) is 14.2 Å². The normalized spacial score (nSPS) is 12.8. The Bertz CT molecular complexity index is 1440. The van der Waals surface area contributed by atoms with Crippen molar-refractivity contribution in [2.24, 2.45) is 0 Å². The first-order valence-electron chi connectivity index (χ1n) is 30.7. The molecular formula is C67H114O6. The average molecular weight is 1020 g/mol. The number of carbonyl (C=O) groups is 3. The van der Waals surface area contributed by atoms with Crippen LogP contribution in [0.15, 0.2) is 97.2 Å². The molecule has 0 aliphatic rings. The predicted octanol–water partition coefficient (Wildman–Crippen LogP) is 20.9. The zero-order valence-electron chi connectivity index (χ0n) is 47.9. The predicted molar refractivity (Wildman–Crippen MR) is 316 cm³/mol. The van der Waals surface area contributed by atoms with Crippen molar-refractivity contribution in [2.75, 3.05) is 13.2 Å². The van der Waals surface area contributed by atoms with Crippen LogP contribution in [0, 0.1) is 0 Å². The van der Waals surface area contributed by atoms with Crippen LogP contribution in [0.1, 0.15) is 290 Å². The topological polar surface area (TPSA) is 78.9 Å². The first kappa shape index (κ1) is 69.3. The molecule has 0 saturated heterocycles. The molecule has 0 amide bonds. The van der Waals surface area contributed by atoms with Crippen LogP contribution in [0.4, 0.5) is 0 Å². The number of carbonyl (C=O) groups excluding carboxylic acids is 3. The van der Waals surface area contributed by atoms with E-state index in [-0.39, 0.29) is 31.1 Å². The van der Waals surface area contributed by atoms with E-state index in [1.54, 1.807) is 0 Å². The Labute approximate surface area is 451 Å². The van der Waals surface area contributed by atoms with Crippen LogP contribution in [0.2, 0.25) is 0 Å². The third-order valence-electron chi connectivity index (χ3n) is 13.1. The number of rotatable bonds is 55. The summed E-state index contributed by atoms with van der Waals surface area (Å²) in [7, 11) is 0. The molecule has 0 bridgehead atoms. The molecule has 1 unspecified atom stereocenters. The molecule has 0 aromatic rings. The second kappa shape index (κ2) is 60.9. The van der Waals surface area contributed by atoms with Crippen molar-refractivity contribution in [3.05, 3.63) is 97.2 Å². The van der Waals surface area contributed by atoms with Crippen LogP contribution in [0.25, 0.3) is 0 Å². The average Bonchev–Trinajstić information content (AvgIpc) is 3.39. The van der Waals surface area contributed by atoms with Crippen molar-refractivity contribution in [3.63, 3.8) is 0 Å². The number of allylic oxidation sites excluding steroid dienone is 16. The Morgan fingerprint density at radius 3 is 0.849 bits per heavy atom. The fourth-order valence-electron chi connectivity index (χ4n) is 8.48. The zero-order valence-corrected chi connectivity index (χ0v) is 47.9. The van der Waals surface area contributed by atoms with Crippen LogP contribution >= 0.6 is 0 Å². The first-order valence-corrected chi connectivity index (χ1v) is 30.7. The monoisotopic (exact) mass is 1010 g/mol. The van der Waals surface area contributed by atoms with Gasteiger partial charge in [-0.15, -0.1) is 0 Å². The van der Waals surface area contributed by atoms with Crippen molar-refractivity contribution < 1.29 is 28.6 Å². The molecule has 73 heavy (non-hydrogen) atoms. The fourth-order valence-corrected chi connectivity index (χ4v) is 8.48. The lowest BCUT2D eigenvalue weighted by Gasteiger charge is -2.18. The fraction of sp³-hybridized carbons (Fsp3) is 0.716. The van der Waals surface area contributed by atoms with Crippen LogP contribution in [-0.4, -0.2) is 37.2 Å². The minimum atomic E-state index is -0.781. The summed E-state index contributed by atoms with van der Waals surface area (Å²) in [6.07, 6.45) is 81.4. The van der Waals surface area contributed by atoms with Crippen LogP contribution in [0.3, 0.4) is 0 Å². The van der Waals surface area contributed by atoms with Crippen molar-refractivity contribution in [1.29, 1.82) is 0 Å². The van der Waals surface area contributed by atoms with Gasteiger partial charge in [-0.05, 0) is 103 Å². The Morgan fingerprint density at radius 1 is 0.288 bits per heavy atom. The summed E-state index contributed by atoms with van der Waals surface area (Å²) in [4.78, 5) is 38.0. The maximum Gasteiger partial charge on any atom is 0.306 e. The van der Waals surface area contributed by atoms with E-state index in [2.05, 4.69) is 118 Å². The summed E-state index contributed by atoms with van der Waals surface area (Å²) in [5.74, 6) is -0.895. The van der Waals surface area contributed by atoms with E-state index in [0.29, 0.717) is 19.3 Å². The Kier molecular flexibility index (Phi) is 57.8. The molecule has 0 N–H and O–H groups in total.